The number of phosphoric acid groups is 1. The van der Waals surface area contributed by atoms with Crippen LogP contribution in [0.3, 0.4) is 0 Å². The van der Waals surface area contributed by atoms with Crippen LogP contribution < -0.4 is 5.73 Å². The lowest BCUT2D eigenvalue weighted by molar-refractivity contribution is -0.161. The molecule has 9 nitrogen and oxygen atoms in total. The van der Waals surface area contributed by atoms with Gasteiger partial charge in [0.15, 0.2) is 6.10 Å². The third kappa shape index (κ3) is 54.3. The summed E-state index contributed by atoms with van der Waals surface area (Å²) in [7, 11) is -4.37. The predicted molar refractivity (Wildman–Crippen MR) is 289 cm³/mol. The Balaban J connectivity index is 3.58. The van der Waals surface area contributed by atoms with E-state index in [9.17, 15) is 19.0 Å². The van der Waals surface area contributed by atoms with E-state index in [0.29, 0.717) is 6.42 Å². The van der Waals surface area contributed by atoms with E-state index in [-0.39, 0.29) is 38.6 Å². The molecule has 0 rings (SSSR count). The van der Waals surface area contributed by atoms with Crippen molar-refractivity contribution in [1.29, 1.82) is 0 Å². The molecule has 0 aliphatic heterocycles. The minimum atomic E-state index is -4.37. The van der Waals surface area contributed by atoms with Gasteiger partial charge in [-0.05, 0) is 12.8 Å². The lowest BCUT2D eigenvalue weighted by atomic mass is 10.0. The molecule has 10 heteroatoms. The molecule has 0 bridgehead atoms. The van der Waals surface area contributed by atoms with Gasteiger partial charge in [0.25, 0.3) is 0 Å². The Hall–Kier alpha value is -0.990. The molecule has 0 aliphatic rings. The lowest BCUT2D eigenvalue weighted by Gasteiger charge is -2.19. The van der Waals surface area contributed by atoms with Gasteiger partial charge in [-0.25, -0.2) is 4.57 Å². The number of nitrogens with two attached hydrogens (primary N) is 1. The number of unbranched alkanes of at least 4 members (excludes halogenated alkanes) is 45. The van der Waals surface area contributed by atoms with Gasteiger partial charge < -0.3 is 20.1 Å². The van der Waals surface area contributed by atoms with Gasteiger partial charge in [0.2, 0.25) is 0 Å². The number of ether oxygens (including phenoxy) is 2. The second kappa shape index (κ2) is 55.3. The van der Waals surface area contributed by atoms with Gasteiger partial charge in [-0.3, -0.25) is 18.6 Å². The second-order valence-electron chi connectivity index (χ2n) is 20.6. The molecule has 0 aromatic carbocycles. The van der Waals surface area contributed by atoms with E-state index in [2.05, 4.69) is 13.8 Å². The summed E-state index contributed by atoms with van der Waals surface area (Å²) in [4.78, 5) is 34.8. The van der Waals surface area contributed by atoms with Gasteiger partial charge in [0.05, 0.1) is 13.2 Å². The van der Waals surface area contributed by atoms with Crippen molar-refractivity contribution >= 4 is 19.8 Å². The third-order valence-corrected chi connectivity index (χ3v) is 14.7. The molecule has 0 saturated carbocycles. The Morgan fingerprint density at radius 3 is 0.897 bits per heavy atom. The Bertz CT molecular complexity index is 1080. The van der Waals surface area contributed by atoms with Crippen LogP contribution in [0.25, 0.3) is 0 Å². The summed E-state index contributed by atoms with van der Waals surface area (Å²) in [6.07, 6.45) is 62.5. The molecule has 406 valence electrons. The van der Waals surface area contributed by atoms with E-state index in [1.807, 2.05) is 0 Å². The lowest BCUT2D eigenvalue weighted by Crippen LogP contribution is -2.29. The van der Waals surface area contributed by atoms with E-state index in [1.54, 1.807) is 0 Å². The van der Waals surface area contributed by atoms with Crippen LogP contribution >= 0.6 is 7.82 Å². The van der Waals surface area contributed by atoms with Crippen molar-refractivity contribution in [3.8, 4) is 0 Å². The molecule has 0 aromatic rings. The summed E-state index contributed by atoms with van der Waals surface area (Å²) in [6, 6.07) is 0. The summed E-state index contributed by atoms with van der Waals surface area (Å²) < 4.78 is 32.8. The zero-order valence-corrected chi connectivity index (χ0v) is 46.3. The smallest absolute Gasteiger partial charge is 0.462 e. The summed E-state index contributed by atoms with van der Waals surface area (Å²) in [5, 5.41) is 0. The number of hydrogen-bond donors (Lipinski definition) is 2. The van der Waals surface area contributed by atoms with Gasteiger partial charge in [-0.1, -0.05) is 303 Å². The van der Waals surface area contributed by atoms with E-state index in [0.717, 1.165) is 32.1 Å². The Labute approximate surface area is 422 Å². The molecule has 3 N–H and O–H groups in total. The number of carbonyl (C=O) groups excluding carboxylic acids is 2. The molecule has 0 saturated heterocycles. The van der Waals surface area contributed by atoms with E-state index < -0.39 is 26.5 Å². The van der Waals surface area contributed by atoms with Crippen LogP contribution in [0.4, 0.5) is 0 Å². The Kier molecular flexibility index (Phi) is 54.5. The first-order valence-electron chi connectivity index (χ1n) is 30.0. The van der Waals surface area contributed by atoms with E-state index in [4.69, 9.17) is 24.3 Å². The summed E-state index contributed by atoms with van der Waals surface area (Å²) in [6.45, 7) is 3.74. The highest BCUT2D eigenvalue weighted by atomic mass is 31.2. The molecule has 0 fully saturated rings. The average molecular weight is 987 g/mol. The van der Waals surface area contributed by atoms with Gasteiger partial charge in [-0.15, -0.1) is 0 Å². The first-order chi connectivity index (χ1) is 33.3. The highest BCUT2D eigenvalue weighted by Crippen LogP contribution is 2.43. The van der Waals surface area contributed by atoms with Crippen molar-refractivity contribution in [3.63, 3.8) is 0 Å². The maximum atomic E-state index is 12.6. The van der Waals surface area contributed by atoms with Crippen LogP contribution in [0, 0.1) is 0 Å². The second-order valence-corrected chi connectivity index (χ2v) is 22.0. The minimum Gasteiger partial charge on any atom is -0.462 e. The summed E-state index contributed by atoms with van der Waals surface area (Å²) >= 11 is 0. The maximum Gasteiger partial charge on any atom is 0.472 e. The quantitative estimate of drug-likeness (QED) is 0.0347. The molecule has 2 unspecified atom stereocenters. The van der Waals surface area contributed by atoms with Crippen LogP contribution in [0.15, 0.2) is 0 Å². The van der Waals surface area contributed by atoms with Crippen molar-refractivity contribution in [2.75, 3.05) is 26.4 Å². The van der Waals surface area contributed by atoms with Crippen molar-refractivity contribution in [2.24, 2.45) is 5.73 Å². The summed E-state index contributed by atoms with van der Waals surface area (Å²) in [5.41, 5.74) is 5.35. The number of phosphoric ester groups is 1. The van der Waals surface area contributed by atoms with Crippen LogP contribution in [0.5, 0.6) is 0 Å². The van der Waals surface area contributed by atoms with Crippen LogP contribution in [0.2, 0.25) is 0 Å². The van der Waals surface area contributed by atoms with Crippen molar-refractivity contribution in [1.82, 2.24) is 0 Å². The fourth-order valence-corrected chi connectivity index (χ4v) is 10.1. The zero-order chi connectivity index (χ0) is 49.5. The molecule has 68 heavy (non-hydrogen) atoms. The standard InChI is InChI=1S/C58H116NO8P/c1-3-5-7-9-11-12-13-14-15-16-17-18-19-20-21-22-23-24-25-26-27-28-29-30-31-32-33-34-35-36-37-38-39-40-41-42-43-45-47-49-51-58(61)67-56(55-66-68(62,63)65-53-52-59)54-64-57(60)50-48-46-44-10-8-6-4-2/h56H,3-55,59H2,1-2H3,(H,62,63). The number of esters is 2. The van der Waals surface area contributed by atoms with Gasteiger partial charge in [-0.2, -0.15) is 0 Å². The van der Waals surface area contributed by atoms with Gasteiger partial charge in [0.1, 0.15) is 6.61 Å². The maximum absolute atomic E-state index is 12.6. The fourth-order valence-electron chi connectivity index (χ4n) is 9.29. The van der Waals surface area contributed by atoms with Crippen LogP contribution in [0.1, 0.15) is 328 Å². The largest absolute Gasteiger partial charge is 0.472 e. The van der Waals surface area contributed by atoms with E-state index in [1.165, 1.54) is 263 Å². The average Bonchev–Trinajstić information content (AvgIpc) is 3.33. The number of rotatable bonds is 58. The predicted octanol–water partition coefficient (Wildman–Crippen LogP) is 18.7. The third-order valence-electron chi connectivity index (χ3n) is 13.7. The molecule has 0 radical (unpaired) electrons. The van der Waals surface area contributed by atoms with Crippen LogP contribution in [-0.2, 0) is 32.7 Å². The first-order valence-corrected chi connectivity index (χ1v) is 31.5. The molecule has 0 aromatic heterocycles. The number of carbonyl (C=O) groups is 2. The highest BCUT2D eigenvalue weighted by Gasteiger charge is 2.26. The molecular weight excluding hydrogens is 870 g/mol. The highest BCUT2D eigenvalue weighted by molar-refractivity contribution is 7.47. The van der Waals surface area contributed by atoms with Crippen molar-refractivity contribution in [3.05, 3.63) is 0 Å². The number of hydrogen-bond acceptors (Lipinski definition) is 8. The molecule has 0 amide bonds. The molecule has 0 spiro atoms. The van der Waals surface area contributed by atoms with Crippen molar-refractivity contribution < 1.29 is 37.6 Å². The van der Waals surface area contributed by atoms with Crippen LogP contribution in [-0.4, -0.2) is 49.3 Å². The van der Waals surface area contributed by atoms with E-state index >= 15 is 0 Å². The Morgan fingerprint density at radius 1 is 0.382 bits per heavy atom. The van der Waals surface area contributed by atoms with Gasteiger partial charge in [0, 0.05) is 19.4 Å². The Morgan fingerprint density at radius 2 is 0.632 bits per heavy atom. The monoisotopic (exact) mass is 986 g/mol. The normalized spacial score (nSPS) is 12.9. The summed E-state index contributed by atoms with van der Waals surface area (Å²) in [5.74, 6) is -0.817. The topological polar surface area (TPSA) is 134 Å². The van der Waals surface area contributed by atoms with Crippen molar-refractivity contribution in [2.45, 2.75) is 335 Å². The first kappa shape index (κ1) is 67.0. The fraction of sp³-hybridized carbons (Fsp3) is 0.966. The zero-order valence-electron chi connectivity index (χ0n) is 45.4. The molecular formula is C58H116NO8P. The SMILES string of the molecule is CCCCCCCCCCCCCCCCCCCCCCCCCCCCCCCCCCCCCCCCCCC(=O)OC(COC(=O)CCCCCCCCC)COP(=O)(O)OCCN. The molecule has 0 aliphatic carbocycles. The molecule has 2 atom stereocenters. The van der Waals surface area contributed by atoms with Gasteiger partial charge >= 0.3 is 19.8 Å². The minimum absolute atomic E-state index is 0.0579. The molecule has 0 heterocycles.